The highest BCUT2D eigenvalue weighted by molar-refractivity contribution is 6.01. The number of aryl methyl sites for hydroxylation is 1. The van der Waals surface area contributed by atoms with Crippen LogP contribution in [0.5, 0.6) is 0 Å². The molecule has 0 radical (unpaired) electrons. The van der Waals surface area contributed by atoms with Crippen molar-refractivity contribution < 1.29 is 0 Å². The number of benzene rings is 1. The lowest BCUT2D eigenvalue weighted by molar-refractivity contribution is 0.203. The van der Waals surface area contributed by atoms with Crippen LogP contribution in [0.3, 0.4) is 0 Å². The Hall–Kier alpha value is -1.55. The molecule has 0 amide bonds. The summed E-state index contributed by atoms with van der Waals surface area (Å²) < 4.78 is 0. The van der Waals surface area contributed by atoms with Crippen molar-refractivity contribution in [1.29, 1.82) is 5.41 Å². The van der Waals surface area contributed by atoms with Gasteiger partial charge in [-0.05, 0) is 44.9 Å². The third-order valence-electron chi connectivity index (χ3n) is 4.75. The minimum atomic E-state index is 0.171. The quantitative estimate of drug-likeness (QED) is 0.639. The fourth-order valence-corrected chi connectivity index (χ4v) is 3.76. The number of hydrogen-bond acceptors (Lipinski definition) is 3. The van der Waals surface area contributed by atoms with Crippen LogP contribution in [0.15, 0.2) is 18.2 Å². The molecule has 2 fully saturated rings. The maximum Gasteiger partial charge on any atom is 0.124 e. The van der Waals surface area contributed by atoms with E-state index in [-0.39, 0.29) is 5.84 Å². The Kier molecular flexibility index (Phi) is 3.42. The molecular formula is C16H24N4. The van der Waals surface area contributed by atoms with Gasteiger partial charge in [0, 0.05) is 30.7 Å². The van der Waals surface area contributed by atoms with E-state index in [4.69, 9.17) is 11.1 Å². The Labute approximate surface area is 121 Å². The van der Waals surface area contributed by atoms with Crippen LogP contribution in [0.1, 0.15) is 30.9 Å². The number of nitrogens with one attached hydrogen (secondary N) is 1. The number of para-hydroxylation sites is 1. The Balaban J connectivity index is 1.97. The molecule has 20 heavy (non-hydrogen) atoms. The highest BCUT2D eigenvalue weighted by atomic mass is 15.3. The van der Waals surface area contributed by atoms with Gasteiger partial charge in [0.2, 0.25) is 0 Å². The summed E-state index contributed by atoms with van der Waals surface area (Å²) in [7, 11) is 0. The Morgan fingerprint density at radius 2 is 2.15 bits per heavy atom. The normalized spacial score (nSPS) is 26.6. The predicted molar refractivity (Wildman–Crippen MR) is 83.6 cm³/mol. The minimum Gasteiger partial charge on any atom is -0.384 e. The summed E-state index contributed by atoms with van der Waals surface area (Å²) in [5.41, 5.74) is 9.05. The van der Waals surface area contributed by atoms with Crippen molar-refractivity contribution in [3.8, 4) is 0 Å². The van der Waals surface area contributed by atoms with Crippen LogP contribution in [0.2, 0.25) is 0 Å². The van der Waals surface area contributed by atoms with E-state index in [1.807, 2.05) is 12.1 Å². The van der Waals surface area contributed by atoms with Crippen LogP contribution >= 0.6 is 0 Å². The largest absolute Gasteiger partial charge is 0.384 e. The van der Waals surface area contributed by atoms with Gasteiger partial charge in [-0.15, -0.1) is 0 Å². The van der Waals surface area contributed by atoms with Crippen molar-refractivity contribution in [3.63, 3.8) is 0 Å². The number of rotatable bonds is 2. The Morgan fingerprint density at radius 1 is 1.35 bits per heavy atom. The average molecular weight is 272 g/mol. The summed E-state index contributed by atoms with van der Waals surface area (Å²) >= 11 is 0. The molecule has 108 valence electrons. The Morgan fingerprint density at radius 3 is 2.90 bits per heavy atom. The lowest BCUT2D eigenvalue weighted by Crippen LogP contribution is -2.55. The smallest absolute Gasteiger partial charge is 0.124 e. The summed E-state index contributed by atoms with van der Waals surface area (Å²) in [6.45, 7) is 7.83. The van der Waals surface area contributed by atoms with Gasteiger partial charge in [0.05, 0.1) is 5.69 Å². The molecule has 0 saturated carbocycles. The topological polar surface area (TPSA) is 56.4 Å². The van der Waals surface area contributed by atoms with Crippen LogP contribution in [0, 0.1) is 12.3 Å². The number of nitrogen functional groups attached to an aromatic ring is 1. The number of amidine groups is 1. The highest BCUT2D eigenvalue weighted by Crippen LogP contribution is 2.32. The summed E-state index contributed by atoms with van der Waals surface area (Å²) in [6, 6.07) is 7.23. The molecule has 4 heteroatoms. The van der Waals surface area contributed by atoms with E-state index >= 15 is 0 Å². The zero-order chi connectivity index (χ0) is 14.3. The first kappa shape index (κ1) is 13.4. The number of nitrogens with zero attached hydrogens (tertiary/aromatic N) is 2. The summed E-state index contributed by atoms with van der Waals surface area (Å²) in [5, 5.41) is 7.85. The van der Waals surface area contributed by atoms with Gasteiger partial charge in [-0.1, -0.05) is 12.1 Å². The van der Waals surface area contributed by atoms with E-state index < -0.39 is 0 Å². The number of anilines is 1. The molecule has 2 atom stereocenters. The van der Waals surface area contributed by atoms with E-state index in [0.717, 1.165) is 18.7 Å². The van der Waals surface area contributed by atoms with Crippen LogP contribution in [0.4, 0.5) is 5.69 Å². The van der Waals surface area contributed by atoms with Crippen molar-refractivity contribution in [3.05, 3.63) is 29.3 Å². The minimum absolute atomic E-state index is 0.171. The van der Waals surface area contributed by atoms with Gasteiger partial charge in [0.15, 0.2) is 0 Å². The van der Waals surface area contributed by atoms with E-state index in [2.05, 4.69) is 29.7 Å². The zero-order valence-electron chi connectivity index (χ0n) is 12.4. The molecule has 2 saturated heterocycles. The Bertz CT molecular complexity index is 525. The van der Waals surface area contributed by atoms with Gasteiger partial charge >= 0.3 is 0 Å². The van der Waals surface area contributed by atoms with E-state index in [1.54, 1.807) is 0 Å². The molecule has 1 aromatic rings. The van der Waals surface area contributed by atoms with Crippen molar-refractivity contribution in [1.82, 2.24) is 4.90 Å². The van der Waals surface area contributed by atoms with Gasteiger partial charge in [-0.2, -0.15) is 0 Å². The molecule has 3 N–H and O–H groups in total. The first-order chi connectivity index (χ1) is 9.58. The van der Waals surface area contributed by atoms with Crippen LogP contribution in [-0.4, -0.2) is 42.5 Å². The SMILES string of the molecule is Cc1cccc(C(=N)N)c1N1CC2CCCN2CC1C. The van der Waals surface area contributed by atoms with Gasteiger partial charge in [0.1, 0.15) is 5.84 Å². The second-order valence-electron chi connectivity index (χ2n) is 6.18. The number of fused-ring (bicyclic) bond motifs is 1. The molecule has 1 aromatic carbocycles. The maximum atomic E-state index is 7.85. The molecule has 2 aliphatic rings. The van der Waals surface area contributed by atoms with Crippen molar-refractivity contribution in [2.75, 3.05) is 24.5 Å². The molecule has 2 aliphatic heterocycles. The van der Waals surface area contributed by atoms with Gasteiger partial charge in [-0.25, -0.2) is 0 Å². The van der Waals surface area contributed by atoms with Gasteiger partial charge in [0.25, 0.3) is 0 Å². The third kappa shape index (κ3) is 2.18. The first-order valence-electron chi connectivity index (χ1n) is 7.52. The fourth-order valence-electron chi connectivity index (χ4n) is 3.76. The molecule has 3 rings (SSSR count). The number of hydrogen-bond donors (Lipinski definition) is 2. The molecule has 2 unspecified atom stereocenters. The van der Waals surface area contributed by atoms with Crippen LogP contribution in [-0.2, 0) is 0 Å². The monoisotopic (exact) mass is 272 g/mol. The summed E-state index contributed by atoms with van der Waals surface area (Å²) in [4.78, 5) is 5.09. The van der Waals surface area contributed by atoms with Gasteiger partial charge in [-0.3, -0.25) is 10.3 Å². The average Bonchev–Trinajstić information content (AvgIpc) is 2.84. The van der Waals surface area contributed by atoms with Crippen molar-refractivity contribution in [2.24, 2.45) is 5.73 Å². The molecule has 0 bridgehead atoms. The molecule has 0 aromatic heterocycles. The first-order valence-corrected chi connectivity index (χ1v) is 7.52. The molecule has 4 nitrogen and oxygen atoms in total. The maximum absolute atomic E-state index is 7.85. The molecular weight excluding hydrogens is 248 g/mol. The van der Waals surface area contributed by atoms with E-state index in [1.165, 1.54) is 30.6 Å². The zero-order valence-corrected chi connectivity index (χ0v) is 12.4. The van der Waals surface area contributed by atoms with Crippen LogP contribution in [0.25, 0.3) is 0 Å². The number of nitrogens with two attached hydrogens (primary N) is 1. The van der Waals surface area contributed by atoms with Crippen molar-refractivity contribution in [2.45, 2.75) is 38.8 Å². The van der Waals surface area contributed by atoms with Gasteiger partial charge < -0.3 is 10.6 Å². The van der Waals surface area contributed by atoms with E-state index in [9.17, 15) is 0 Å². The lowest BCUT2D eigenvalue weighted by atomic mass is 10.0. The fraction of sp³-hybridized carbons (Fsp3) is 0.562. The summed E-state index contributed by atoms with van der Waals surface area (Å²) in [5.74, 6) is 0.171. The molecule has 0 aliphatic carbocycles. The number of piperazine rings is 1. The molecule has 0 spiro atoms. The third-order valence-corrected chi connectivity index (χ3v) is 4.75. The highest BCUT2D eigenvalue weighted by Gasteiger charge is 2.35. The molecule has 2 heterocycles. The second kappa shape index (κ2) is 5.09. The van der Waals surface area contributed by atoms with Crippen molar-refractivity contribution >= 4 is 11.5 Å². The lowest BCUT2D eigenvalue weighted by Gasteiger charge is -2.44. The standard InChI is InChI=1S/C16H24N4/c1-11-5-3-7-14(16(17)18)15(11)20-10-13-6-4-8-19(13)9-12(20)2/h3,5,7,12-13H,4,6,8-10H2,1-2H3,(H3,17,18). The van der Waals surface area contributed by atoms with E-state index in [0.29, 0.717) is 12.1 Å². The predicted octanol–water partition coefficient (Wildman–Crippen LogP) is 1.95. The van der Waals surface area contributed by atoms with Crippen LogP contribution < -0.4 is 10.6 Å². The second-order valence-corrected chi connectivity index (χ2v) is 6.18. The summed E-state index contributed by atoms with van der Waals surface area (Å²) in [6.07, 6.45) is 2.61.